The summed E-state index contributed by atoms with van der Waals surface area (Å²) in [5.74, 6) is -1.69. The molecule has 2 fully saturated rings. The minimum atomic E-state index is -0.800. The largest absolute Gasteiger partial charge is 0.344 e. The molecular weight excluding hydrogens is 505 g/mol. The fourth-order valence-electron chi connectivity index (χ4n) is 4.53. The summed E-state index contributed by atoms with van der Waals surface area (Å²) in [6.07, 6.45) is 4.07. The Balaban J connectivity index is 1.36. The summed E-state index contributed by atoms with van der Waals surface area (Å²) in [6.45, 7) is 4.65. The van der Waals surface area contributed by atoms with Gasteiger partial charge in [0.15, 0.2) is 0 Å². The van der Waals surface area contributed by atoms with Gasteiger partial charge in [0.05, 0.1) is 12.2 Å². The predicted octanol–water partition coefficient (Wildman–Crippen LogP) is 1.01. The highest BCUT2D eigenvalue weighted by Gasteiger charge is 2.31. The third-order valence-corrected chi connectivity index (χ3v) is 7.02. The number of anilines is 1. The molecule has 2 heterocycles. The van der Waals surface area contributed by atoms with E-state index in [4.69, 9.17) is 0 Å². The number of hydrogen-bond acceptors (Lipinski definition) is 6. The van der Waals surface area contributed by atoms with E-state index in [2.05, 4.69) is 25.9 Å². The average Bonchev–Trinajstić information content (AvgIpc) is 3.59. The number of likely N-dealkylation sites (N-methyl/N-ethyl adjacent to an activating group) is 1. The normalized spacial score (nSPS) is 16.4. The second-order valence-corrected chi connectivity index (χ2v) is 10.2. The number of piperazine rings is 1. The Hall–Kier alpha value is -3.80. The molecule has 0 bridgehead atoms. The van der Waals surface area contributed by atoms with Crippen molar-refractivity contribution in [1.82, 2.24) is 30.2 Å². The van der Waals surface area contributed by atoms with Crippen molar-refractivity contribution in [3.63, 3.8) is 0 Å². The molecule has 2 aromatic rings. The molecule has 1 aromatic carbocycles. The van der Waals surface area contributed by atoms with Crippen LogP contribution in [-0.4, -0.2) is 89.0 Å². The summed E-state index contributed by atoms with van der Waals surface area (Å²) < 4.78 is 16.4. The van der Waals surface area contributed by atoms with Crippen LogP contribution in [-0.2, 0) is 27.3 Å². The molecular formula is C27H36FN7O4. The predicted molar refractivity (Wildman–Crippen MR) is 142 cm³/mol. The van der Waals surface area contributed by atoms with E-state index < -0.39 is 23.7 Å². The van der Waals surface area contributed by atoms with Crippen molar-refractivity contribution in [3.05, 3.63) is 47.5 Å². The molecule has 0 spiro atoms. The van der Waals surface area contributed by atoms with Gasteiger partial charge < -0.3 is 25.8 Å². The highest BCUT2D eigenvalue weighted by Crippen LogP contribution is 2.32. The first-order valence-electron chi connectivity index (χ1n) is 13.4. The Morgan fingerprint density at radius 2 is 1.82 bits per heavy atom. The van der Waals surface area contributed by atoms with Gasteiger partial charge in [-0.15, -0.1) is 0 Å². The van der Waals surface area contributed by atoms with Crippen LogP contribution in [0.5, 0.6) is 0 Å². The van der Waals surface area contributed by atoms with E-state index in [1.54, 1.807) is 17.0 Å². The van der Waals surface area contributed by atoms with E-state index in [-0.39, 0.29) is 30.5 Å². The molecule has 1 aliphatic carbocycles. The number of nitrogens with one attached hydrogen (secondary N) is 3. The summed E-state index contributed by atoms with van der Waals surface area (Å²) in [5, 5.41) is 11.9. The van der Waals surface area contributed by atoms with Gasteiger partial charge in [-0.2, -0.15) is 5.10 Å². The molecule has 1 saturated heterocycles. The van der Waals surface area contributed by atoms with Crippen molar-refractivity contribution < 1.29 is 23.6 Å². The van der Waals surface area contributed by atoms with Crippen molar-refractivity contribution in [2.75, 3.05) is 45.1 Å². The van der Waals surface area contributed by atoms with Gasteiger partial charge in [-0.3, -0.25) is 23.9 Å². The molecule has 11 nitrogen and oxygen atoms in total. The first-order valence-corrected chi connectivity index (χ1v) is 13.4. The maximum Gasteiger partial charge on any atom is 0.269 e. The van der Waals surface area contributed by atoms with Crippen molar-refractivity contribution in [2.24, 2.45) is 5.92 Å². The number of amides is 4. The second-order valence-electron chi connectivity index (χ2n) is 10.2. The van der Waals surface area contributed by atoms with E-state index >= 15 is 0 Å². The Morgan fingerprint density at radius 1 is 1.08 bits per heavy atom. The lowest BCUT2D eigenvalue weighted by Gasteiger charge is -2.35. The van der Waals surface area contributed by atoms with Crippen LogP contribution in [0.4, 0.5) is 10.1 Å². The van der Waals surface area contributed by atoms with E-state index in [1.165, 1.54) is 23.0 Å². The van der Waals surface area contributed by atoms with Crippen LogP contribution < -0.4 is 16.0 Å². The Morgan fingerprint density at radius 3 is 2.49 bits per heavy atom. The van der Waals surface area contributed by atoms with E-state index in [1.807, 2.05) is 14.0 Å². The first-order chi connectivity index (χ1) is 18.7. The minimum absolute atomic E-state index is 0.0451. The number of carbonyl (C=O) groups excluding carboxylic acids is 4. The van der Waals surface area contributed by atoms with Gasteiger partial charge in [0.25, 0.3) is 5.91 Å². The number of hydrogen-bond donors (Lipinski definition) is 3. The molecule has 1 unspecified atom stereocenters. The van der Waals surface area contributed by atoms with Crippen LogP contribution in [0.15, 0.2) is 30.5 Å². The molecule has 12 heteroatoms. The number of carbonyl (C=O) groups is 4. The zero-order chi connectivity index (χ0) is 27.9. The molecule has 39 heavy (non-hydrogen) atoms. The van der Waals surface area contributed by atoms with Crippen LogP contribution >= 0.6 is 0 Å². The maximum absolute atomic E-state index is 14.9. The van der Waals surface area contributed by atoms with Crippen LogP contribution in [0, 0.1) is 11.7 Å². The Bertz CT molecular complexity index is 1200. The van der Waals surface area contributed by atoms with Gasteiger partial charge in [0.2, 0.25) is 17.7 Å². The monoisotopic (exact) mass is 541 g/mol. The number of aryl methyl sites for hydroxylation is 1. The van der Waals surface area contributed by atoms with Crippen LogP contribution in [0.25, 0.3) is 0 Å². The lowest BCUT2D eigenvalue weighted by Crippen LogP contribution is -2.55. The number of rotatable bonds is 11. The van der Waals surface area contributed by atoms with Crippen molar-refractivity contribution >= 4 is 29.3 Å². The Labute approximate surface area is 227 Å². The molecule has 2 aliphatic rings. The topological polar surface area (TPSA) is 129 Å². The highest BCUT2D eigenvalue weighted by molar-refractivity contribution is 5.98. The zero-order valence-electron chi connectivity index (χ0n) is 22.4. The van der Waals surface area contributed by atoms with Gasteiger partial charge >= 0.3 is 0 Å². The Kier molecular flexibility index (Phi) is 9.28. The molecule has 4 amide bonds. The standard InChI is InChI=1S/C27H36FN7O4/c1-3-35-23(8-9-30-35)26(38)29-17-25(37)31-21-7-6-19(14-20(21)28)15-22(32-24(36)16-18-4-5-18)27(39)34-12-10-33(2)11-13-34/h6-9,14,18,22H,3-5,10-13,15-17H2,1-2H3,(H,29,38)(H,31,37)(H,32,36). The summed E-state index contributed by atoms with van der Waals surface area (Å²) in [5.41, 5.74) is 0.799. The maximum atomic E-state index is 14.9. The summed E-state index contributed by atoms with van der Waals surface area (Å²) in [7, 11) is 2.00. The quantitative estimate of drug-likeness (QED) is 0.390. The van der Waals surface area contributed by atoms with Crippen molar-refractivity contribution in [3.8, 4) is 0 Å². The molecule has 1 aliphatic heterocycles. The van der Waals surface area contributed by atoms with Crippen LogP contribution in [0.3, 0.4) is 0 Å². The molecule has 0 radical (unpaired) electrons. The van der Waals surface area contributed by atoms with Crippen molar-refractivity contribution in [2.45, 2.75) is 45.2 Å². The van der Waals surface area contributed by atoms with Gasteiger partial charge in [0.1, 0.15) is 17.6 Å². The molecule has 1 atom stereocenters. The smallest absolute Gasteiger partial charge is 0.269 e. The highest BCUT2D eigenvalue weighted by atomic mass is 19.1. The summed E-state index contributed by atoms with van der Waals surface area (Å²) in [6, 6.07) is 5.04. The summed E-state index contributed by atoms with van der Waals surface area (Å²) >= 11 is 0. The average molecular weight is 542 g/mol. The molecule has 1 aromatic heterocycles. The van der Waals surface area contributed by atoms with Crippen LogP contribution in [0.2, 0.25) is 0 Å². The first kappa shape index (κ1) is 28.2. The molecule has 3 N–H and O–H groups in total. The SMILES string of the molecule is CCn1nccc1C(=O)NCC(=O)Nc1ccc(CC(NC(=O)CC2CC2)C(=O)N2CCN(C)CC2)cc1F. The van der Waals surface area contributed by atoms with Gasteiger partial charge in [0, 0.05) is 51.8 Å². The lowest BCUT2D eigenvalue weighted by molar-refractivity contribution is -0.137. The third kappa shape index (κ3) is 7.85. The van der Waals surface area contributed by atoms with E-state index in [0.717, 1.165) is 25.9 Å². The van der Waals surface area contributed by atoms with Crippen LogP contribution in [0.1, 0.15) is 42.2 Å². The number of benzene rings is 1. The fraction of sp³-hybridized carbons (Fsp3) is 0.519. The number of nitrogens with zero attached hydrogens (tertiary/aromatic N) is 4. The van der Waals surface area contributed by atoms with Gasteiger partial charge in [-0.1, -0.05) is 6.07 Å². The molecule has 210 valence electrons. The fourth-order valence-corrected chi connectivity index (χ4v) is 4.53. The second kappa shape index (κ2) is 12.8. The zero-order valence-corrected chi connectivity index (χ0v) is 22.4. The van der Waals surface area contributed by atoms with E-state index in [9.17, 15) is 23.6 Å². The summed E-state index contributed by atoms with van der Waals surface area (Å²) in [4.78, 5) is 54.4. The van der Waals surface area contributed by atoms with Crippen molar-refractivity contribution in [1.29, 1.82) is 0 Å². The minimum Gasteiger partial charge on any atom is -0.344 e. The number of halogens is 1. The van der Waals surface area contributed by atoms with E-state index in [0.29, 0.717) is 43.2 Å². The third-order valence-electron chi connectivity index (χ3n) is 7.02. The number of aromatic nitrogens is 2. The molecule has 4 rings (SSSR count). The lowest BCUT2D eigenvalue weighted by atomic mass is 10.0. The van der Waals surface area contributed by atoms with Gasteiger partial charge in [-0.25, -0.2) is 4.39 Å². The molecule has 1 saturated carbocycles. The van der Waals surface area contributed by atoms with Gasteiger partial charge in [-0.05, 0) is 56.5 Å².